The highest BCUT2D eigenvalue weighted by molar-refractivity contribution is 6.31. The number of hydrogen-bond acceptors (Lipinski definition) is 3. The van der Waals surface area contributed by atoms with Crippen LogP contribution < -0.4 is 0 Å². The largest absolute Gasteiger partial charge is 0.294 e. The fourth-order valence-electron chi connectivity index (χ4n) is 2.42. The maximum Gasteiger partial charge on any atom is 0.0866 e. The van der Waals surface area contributed by atoms with E-state index in [1.165, 1.54) is 5.56 Å². The summed E-state index contributed by atoms with van der Waals surface area (Å²) in [6, 6.07) is 10.6. The molecule has 1 atom stereocenters. The highest BCUT2D eigenvalue weighted by Gasteiger charge is 2.22. The summed E-state index contributed by atoms with van der Waals surface area (Å²) in [5.74, 6) is 0. The molecule has 0 radical (unpaired) electrons. The average Bonchev–Trinajstić information content (AvgIpc) is 2.40. The van der Waals surface area contributed by atoms with Crippen LogP contribution in [0, 0.1) is 11.3 Å². The molecule has 18 heavy (non-hydrogen) atoms. The number of benzene rings is 1. The fourth-order valence-corrected chi connectivity index (χ4v) is 2.71. The zero-order chi connectivity index (χ0) is 13.0. The first-order valence-corrected chi connectivity index (χ1v) is 6.68. The van der Waals surface area contributed by atoms with Crippen molar-refractivity contribution in [2.75, 3.05) is 32.7 Å². The Labute approximate surface area is 114 Å². The first kappa shape index (κ1) is 13.4. The summed E-state index contributed by atoms with van der Waals surface area (Å²) in [5, 5.41) is 9.52. The summed E-state index contributed by atoms with van der Waals surface area (Å²) in [6.45, 7) is 6.64. The Morgan fingerprint density at radius 3 is 2.56 bits per heavy atom. The van der Waals surface area contributed by atoms with Gasteiger partial charge in [0.15, 0.2) is 0 Å². The van der Waals surface area contributed by atoms with Gasteiger partial charge in [0.2, 0.25) is 0 Å². The van der Waals surface area contributed by atoms with Crippen LogP contribution in [0.1, 0.15) is 18.5 Å². The van der Waals surface area contributed by atoms with Crippen LogP contribution in [0.15, 0.2) is 24.3 Å². The minimum atomic E-state index is 0.336. The first-order chi connectivity index (χ1) is 8.72. The molecular weight excluding hydrogens is 246 g/mol. The second-order valence-electron chi connectivity index (χ2n) is 4.67. The van der Waals surface area contributed by atoms with Crippen molar-refractivity contribution in [2.45, 2.75) is 13.0 Å². The van der Waals surface area contributed by atoms with E-state index in [-0.39, 0.29) is 0 Å². The number of nitrogens with zero attached hydrogens (tertiary/aromatic N) is 3. The molecule has 0 saturated carbocycles. The van der Waals surface area contributed by atoms with Gasteiger partial charge in [-0.1, -0.05) is 29.8 Å². The minimum absolute atomic E-state index is 0.336. The van der Waals surface area contributed by atoms with Crippen LogP contribution in [0.3, 0.4) is 0 Å². The first-order valence-electron chi connectivity index (χ1n) is 6.30. The molecule has 1 aliphatic rings. The third kappa shape index (κ3) is 3.02. The van der Waals surface area contributed by atoms with Gasteiger partial charge >= 0.3 is 0 Å². The quantitative estimate of drug-likeness (QED) is 0.785. The molecule has 0 spiro atoms. The predicted octanol–water partition coefficient (Wildman–Crippen LogP) is 2.54. The van der Waals surface area contributed by atoms with E-state index in [4.69, 9.17) is 16.9 Å². The number of halogens is 1. The monoisotopic (exact) mass is 263 g/mol. The van der Waals surface area contributed by atoms with Crippen molar-refractivity contribution in [2.24, 2.45) is 0 Å². The van der Waals surface area contributed by atoms with Crippen LogP contribution >= 0.6 is 11.6 Å². The van der Waals surface area contributed by atoms with Gasteiger partial charge in [-0.25, -0.2) is 0 Å². The molecule has 1 aliphatic heterocycles. The highest BCUT2D eigenvalue weighted by Crippen LogP contribution is 2.27. The van der Waals surface area contributed by atoms with Crippen molar-refractivity contribution in [1.29, 1.82) is 5.26 Å². The highest BCUT2D eigenvalue weighted by atomic mass is 35.5. The molecule has 4 heteroatoms. The summed E-state index contributed by atoms with van der Waals surface area (Å²) in [6.07, 6.45) is 0. The molecule has 2 rings (SSSR count). The van der Waals surface area contributed by atoms with E-state index in [1.807, 2.05) is 18.2 Å². The molecule has 1 fully saturated rings. The normalized spacial score (nSPS) is 19.4. The van der Waals surface area contributed by atoms with E-state index in [2.05, 4.69) is 28.9 Å². The van der Waals surface area contributed by atoms with E-state index < -0.39 is 0 Å². The topological polar surface area (TPSA) is 30.3 Å². The van der Waals surface area contributed by atoms with Gasteiger partial charge in [-0.05, 0) is 18.6 Å². The molecule has 1 heterocycles. The summed E-state index contributed by atoms with van der Waals surface area (Å²) in [7, 11) is 0. The van der Waals surface area contributed by atoms with Crippen LogP contribution in [0.5, 0.6) is 0 Å². The van der Waals surface area contributed by atoms with Gasteiger partial charge in [0.25, 0.3) is 0 Å². The van der Waals surface area contributed by atoms with E-state index in [9.17, 15) is 0 Å². The lowest BCUT2D eigenvalue weighted by Crippen LogP contribution is -2.47. The Hall–Kier alpha value is -1.08. The average molecular weight is 264 g/mol. The van der Waals surface area contributed by atoms with E-state index in [0.29, 0.717) is 12.6 Å². The van der Waals surface area contributed by atoms with Crippen molar-refractivity contribution in [3.8, 4) is 6.07 Å². The Kier molecular flexibility index (Phi) is 4.60. The minimum Gasteiger partial charge on any atom is -0.294 e. The van der Waals surface area contributed by atoms with Crippen molar-refractivity contribution < 1.29 is 0 Å². The van der Waals surface area contributed by atoms with Gasteiger partial charge in [-0.15, -0.1) is 0 Å². The zero-order valence-electron chi connectivity index (χ0n) is 10.6. The van der Waals surface area contributed by atoms with Gasteiger partial charge < -0.3 is 0 Å². The molecule has 3 nitrogen and oxygen atoms in total. The summed E-state index contributed by atoms with van der Waals surface area (Å²) in [4.78, 5) is 4.62. The summed E-state index contributed by atoms with van der Waals surface area (Å²) < 4.78 is 0. The predicted molar refractivity (Wildman–Crippen MR) is 73.5 cm³/mol. The molecule has 0 N–H and O–H groups in total. The van der Waals surface area contributed by atoms with Gasteiger partial charge in [-0.2, -0.15) is 5.26 Å². The van der Waals surface area contributed by atoms with Gasteiger partial charge in [0.1, 0.15) is 0 Å². The molecule has 0 aliphatic carbocycles. The standard InChI is InChI=1S/C14H18ClN3/c1-12(13-4-2-3-5-14(13)15)18-10-8-17(7-6-16)9-11-18/h2-5,12H,7-11H2,1H3/t12-/m1/s1. The Morgan fingerprint density at radius 1 is 1.28 bits per heavy atom. The maximum atomic E-state index is 8.69. The number of rotatable bonds is 3. The second kappa shape index (κ2) is 6.19. The maximum absolute atomic E-state index is 8.69. The van der Waals surface area contributed by atoms with Crippen molar-refractivity contribution >= 4 is 11.6 Å². The molecule has 1 saturated heterocycles. The molecule has 0 unspecified atom stereocenters. The SMILES string of the molecule is C[C@H](c1ccccc1Cl)N1CCN(CC#N)CC1. The lowest BCUT2D eigenvalue weighted by molar-refractivity contribution is 0.111. The fraction of sp³-hybridized carbons (Fsp3) is 0.500. The Morgan fingerprint density at radius 2 is 1.94 bits per heavy atom. The molecule has 0 aromatic heterocycles. The molecule has 0 bridgehead atoms. The van der Waals surface area contributed by atoms with Crippen LogP contribution in [0.25, 0.3) is 0 Å². The number of nitriles is 1. The Balaban J connectivity index is 1.98. The zero-order valence-corrected chi connectivity index (χ0v) is 11.4. The Bertz CT molecular complexity index is 433. The summed E-state index contributed by atoms with van der Waals surface area (Å²) >= 11 is 6.24. The lowest BCUT2D eigenvalue weighted by atomic mass is 10.1. The van der Waals surface area contributed by atoms with Crippen LogP contribution in [0.4, 0.5) is 0 Å². The molecule has 1 aromatic rings. The van der Waals surface area contributed by atoms with E-state index in [1.54, 1.807) is 0 Å². The second-order valence-corrected chi connectivity index (χ2v) is 5.07. The van der Waals surface area contributed by atoms with Gasteiger partial charge in [0.05, 0.1) is 12.6 Å². The van der Waals surface area contributed by atoms with Crippen LogP contribution in [-0.4, -0.2) is 42.5 Å². The lowest BCUT2D eigenvalue weighted by Gasteiger charge is -2.37. The van der Waals surface area contributed by atoms with Crippen molar-refractivity contribution in [1.82, 2.24) is 9.80 Å². The molecule has 0 amide bonds. The van der Waals surface area contributed by atoms with Crippen molar-refractivity contribution in [3.05, 3.63) is 34.9 Å². The third-order valence-electron chi connectivity index (χ3n) is 3.60. The smallest absolute Gasteiger partial charge is 0.0866 e. The van der Waals surface area contributed by atoms with Crippen molar-refractivity contribution in [3.63, 3.8) is 0 Å². The number of piperazine rings is 1. The van der Waals surface area contributed by atoms with Gasteiger partial charge in [0, 0.05) is 37.2 Å². The van der Waals surface area contributed by atoms with Crippen LogP contribution in [0.2, 0.25) is 5.02 Å². The van der Waals surface area contributed by atoms with E-state index >= 15 is 0 Å². The molecule has 96 valence electrons. The van der Waals surface area contributed by atoms with Gasteiger partial charge in [-0.3, -0.25) is 9.80 Å². The third-order valence-corrected chi connectivity index (χ3v) is 3.95. The number of hydrogen-bond donors (Lipinski definition) is 0. The van der Waals surface area contributed by atoms with E-state index in [0.717, 1.165) is 31.2 Å². The van der Waals surface area contributed by atoms with Crippen LogP contribution in [-0.2, 0) is 0 Å². The molecule has 1 aromatic carbocycles. The molecular formula is C14H18ClN3. The summed E-state index contributed by atoms with van der Waals surface area (Å²) in [5.41, 5.74) is 1.19.